The summed E-state index contributed by atoms with van der Waals surface area (Å²) in [5, 5.41) is 5.74. The van der Waals surface area contributed by atoms with Crippen LogP contribution >= 0.6 is 11.3 Å². The lowest BCUT2D eigenvalue weighted by Crippen LogP contribution is -2.17. The van der Waals surface area contributed by atoms with Crippen LogP contribution in [0.25, 0.3) is 0 Å². The fraction of sp³-hybridized carbons (Fsp3) is 0.692. The van der Waals surface area contributed by atoms with E-state index in [9.17, 15) is 0 Å². The molecule has 0 saturated heterocycles. The van der Waals surface area contributed by atoms with E-state index in [1.54, 1.807) is 16.0 Å². The number of nitrogens with one attached hydrogen (secondary N) is 1. The molecule has 1 nitrogen and oxygen atoms in total. The van der Waals surface area contributed by atoms with Gasteiger partial charge in [0.2, 0.25) is 0 Å². The Morgan fingerprint density at radius 2 is 2.33 bits per heavy atom. The van der Waals surface area contributed by atoms with Crippen molar-refractivity contribution in [1.29, 1.82) is 0 Å². The van der Waals surface area contributed by atoms with Crippen molar-refractivity contribution in [2.45, 2.75) is 44.9 Å². The first-order chi connectivity index (χ1) is 7.36. The second kappa shape index (κ2) is 5.13. The third-order valence-electron chi connectivity index (χ3n) is 3.44. The summed E-state index contributed by atoms with van der Waals surface area (Å²) in [6.45, 7) is 3.43. The third kappa shape index (κ3) is 2.26. The Kier molecular flexibility index (Phi) is 3.81. The topological polar surface area (TPSA) is 12.0 Å². The molecular formula is C13H21NS. The van der Waals surface area contributed by atoms with Crippen molar-refractivity contribution >= 4 is 11.3 Å². The fourth-order valence-electron chi connectivity index (χ4n) is 2.68. The highest BCUT2D eigenvalue weighted by Gasteiger charge is 2.22. The Labute approximate surface area is 96.9 Å². The molecule has 0 spiro atoms. The van der Waals surface area contributed by atoms with Gasteiger partial charge in [0.15, 0.2) is 0 Å². The Balaban J connectivity index is 2.31. The molecular weight excluding hydrogens is 202 g/mol. The summed E-state index contributed by atoms with van der Waals surface area (Å²) in [6.07, 6.45) is 6.68. The van der Waals surface area contributed by atoms with Crippen LogP contribution < -0.4 is 5.32 Å². The molecule has 1 aromatic rings. The first-order valence-corrected chi connectivity index (χ1v) is 6.98. The number of hydrogen-bond donors (Lipinski definition) is 1. The first kappa shape index (κ1) is 11.2. The third-order valence-corrected chi connectivity index (χ3v) is 4.55. The highest BCUT2D eigenvalue weighted by atomic mass is 32.1. The van der Waals surface area contributed by atoms with Crippen molar-refractivity contribution < 1.29 is 0 Å². The minimum atomic E-state index is 0.772. The van der Waals surface area contributed by atoms with E-state index in [2.05, 4.69) is 24.7 Å². The molecule has 1 aliphatic rings. The van der Waals surface area contributed by atoms with E-state index in [1.165, 1.54) is 32.1 Å². The number of fused-ring (bicyclic) bond motifs is 1. The predicted molar refractivity (Wildman–Crippen MR) is 67.9 cm³/mol. The van der Waals surface area contributed by atoms with Crippen LogP contribution in [-0.4, -0.2) is 13.6 Å². The van der Waals surface area contributed by atoms with Gasteiger partial charge < -0.3 is 5.32 Å². The molecule has 2 rings (SSSR count). The van der Waals surface area contributed by atoms with Crippen LogP contribution in [0.4, 0.5) is 0 Å². The molecule has 1 aromatic heterocycles. The van der Waals surface area contributed by atoms with Gasteiger partial charge in [-0.15, -0.1) is 11.3 Å². The molecule has 0 aliphatic heterocycles. The standard InChI is InChI=1S/C13H21NS/c1-3-10-9-15-12-7-5-4-6-11(8-14-2)13(10)12/h9,11,14H,3-8H2,1-2H3. The average Bonchev–Trinajstić information content (AvgIpc) is 2.56. The quantitative estimate of drug-likeness (QED) is 0.775. The SMILES string of the molecule is CCc1csc2c1C(CNC)CCCC2. The highest BCUT2D eigenvalue weighted by Crippen LogP contribution is 2.36. The smallest absolute Gasteiger partial charge is 0.00833 e. The maximum Gasteiger partial charge on any atom is 0.00833 e. The summed E-state index contributed by atoms with van der Waals surface area (Å²) in [4.78, 5) is 1.67. The second-order valence-electron chi connectivity index (χ2n) is 4.45. The van der Waals surface area contributed by atoms with Crippen molar-refractivity contribution in [1.82, 2.24) is 5.32 Å². The summed E-state index contributed by atoms with van der Waals surface area (Å²) in [7, 11) is 2.07. The van der Waals surface area contributed by atoms with Gasteiger partial charge in [0.25, 0.3) is 0 Å². The minimum Gasteiger partial charge on any atom is -0.319 e. The van der Waals surface area contributed by atoms with Crippen LogP contribution in [0.3, 0.4) is 0 Å². The van der Waals surface area contributed by atoms with E-state index in [1.807, 2.05) is 11.3 Å². The average molecular weight is 223 g/mol. The lowest BCUT2D eigenvalue weighted by molar-refractivity contribution is 0.563. The van der Waals surface area contributed by atoms with Crippen LogP contribution in [0.15, 0.2) is 5.38 Å². The molecule has 1 atom stereocenters. The molecule has 84 valence electrons. The molecule has 0 aromatic carbocycles. The van der Waals surface area contributed by atoms with Gasteiger partial charge in [0.1, 0.15) is 0 Å². The van der Waals surface area contributed by atoms with Crippen LogP contribution in [0.1, 0.15) is 48.1 Å². The van der Waals surface area contributed by atoms with Crippen LogP contribution in [-0.2, 0) is 12.8 Å². The van der Waals surface area contributed by atoms with Crippen molar-refractivity contribution in [3.05, 3.63) is 21.4 Å². The normalized spacial score (nSPS) is 21.1. The molecule has 0 amide bonds. The lowest BCUT2D eigenvalue weighted by atomic mass is 9.92. The highest BCUT2D eigenvalue weighted by molar-refractivity contribution is 7.10. The number of rotatable bonds is 3. The molecule has 2 heteroatoms. The van der Waals surface area contributed by atoms with Gasteiger partial charge >= 0.3 is 0 Å². The van der Waals surface area contributed by atoms with Crippen molar-refractivity contribution in [3.8, 4) is 0 Å². The largest absolute Gasteiger partial charge is 0.319 e. The first-order valence-electron chi connectivity index (χ1n) is 6.10. The number of thiophene rings is 1. The number of hydrogen-bond acceptors (Lipinski definition) is 2. The van der Waals surface area contributed by atoms with Crippen LogP contribution in [0.5, 0.6) is 0 Å². The predicted octanol–water partition coefficient (Wildman–Crippen LogP) is 3.34. The Hall–Kier alpha value is -0.340. The maximum atomic E-state index is 3.35. The number of likely N-dealkylation sites (N-methyl/N-ethyl adjacent to an activating group) is 1. The monoisotopic (exact) mass is 223 g/mol. The molecule has 0 saturated carbocycles. The Morgan fingerprint density at radius 1 is 1.47 bits per heavy atom. The van der Waals surface area contributed by atoms with Gasteiger partial charge in [-0.05, 0) is 55.2 Å². The number of aryl methyl sites for hydroxylation is 2. The van der Waals surface area contributed by atoms with E-state index in [-0.39, 0.29) is 0 Å². The zero-order chi connectivity index (χ0) is 10.7. The summed E-state index contributed by atoms with van der Waals surface area (Å²) in [6, 6.07) is 0. The van der Waals surface area contributed by atoms with Crippen LogP contribution in [0.2, 0.25) is 0 Å². The molecule has 1 N–H and O–H groups in total. The molecule has 0 radical (unpaired) electrons. The second-order valence-corrected chi connectivity index (χ2v) is 5.42. The van der Waals surface area contributed by atoms with Crippen molar-refractivity contribution in [2.24, 2.45) is 0 Å². The zero-order valence-electron chi connectivity index (χ0n) is 9.81. The van der Waals surface area contributed by atoms with E-state index in [0.717, 1.165) is 12.5 Å². The molecule has 1 aliphatic carbocycles. The lowest BCUT2D eigenvalue weighted by Gasteiger charge is -2.16. The zero-order valence-corrected chi connectivity index (χ0v) is 10.6. The summed E-state index contributed by atoms with van der Waals surface area (Å²) >= 11 is 1.99. The molecule has 0 fully saturated rings. The summed E-state index contributed by atoms with van der Waals surface area (Å²) < 4.78 is 0. The Morgan fingerprint density at radius 3 is 3.07 bits per heavy atom. The summed E-state index contributed by atoms with van der Waals surface area (Å²) in [5.41, 5.74) is 3.31. The van der Waals surface area contributed by atoms with E-state index in [4.69, 9.17) is 0 Å². The van der Waals surface area contributed by atoms with Gasteiger partial charge in [-0.1, -0.05) is 13.3 Å². The van der Waals surface area contributed by atoms with Gasteiger partial charge in [0.05, 0.1) is 0 Å². The maximum absolute atomic E-state index is 3.35. The van der Waals surface area contributed by atoms with E-state index >= 15 is 0 Å². The molecule has 0 bridgehead atoms. The van der Waals surface area contributed by atoms with E-state index < -0.39 is 0 Å². The van der Waals surface area contributed by atoms with E-state index in [0.29, 0.717) is 0 Å². The van der Waals surface area contributed by atoms with Gasteiger partial charge in [-0.2, -0.15) is 0 Å². The van der Waals surface area contributed by atoms with Gasteiger partial charge in [-0.25, -0.2) is 0 Å². The fourth-order valence-corrected chi connectivity index (χ4v) is 3.94. The molecule has 1 heterocycles. The molecule has 1 unspecified atom stereocenters. The van der Waals surface area contributed by atoms with Crippen LogP contribution in [0, 0.1) is 0 Å². The van der Waals surface area contributed by atoms with Gasteiger partial charge in [0, 0.05) is 11.4 Å². The van der Waals surface area contributed by atoms with Crippen molar-refractivity contribution in [2.75, 3.05) is 13.6 Å². The van der Waals surface area contributed by atoms with Crippen molar-refractivity contribution in [3.63, 3.8) is 0 Å². The molecule has 15 heavy (non-hydrogen) atoms. The minimum absolute atomic E-state index is 0.772. The summed E-state index contributed by atoms with van der Waals surface area (Å²) in [5.74, 6) is 0.772. The van der Waals surface area contributed by atoms with Gasteiger partial charge in [-0.3, -0.25) is 0 Å². The Bertz CT molecular complexity index is 316.